The molecule has 0 aromatic heterocycles. The summed E-state index contributed by atoms with van der Waals surface area (Å²) in [6.07, 6.45) is 7.19. The van der Waals surface area contributed by atoms with E-state index in [9.17, 15) is 0 Å². The van der Waals surface area contributed by atoms with Crippen LogP contribution in [0.2, 0.25) is 0 Å². The van der Waals surface area contributed by atoms with Crippen molar-refractivity contribution in [3.8, 4) is 0 Å². The van der Waals surface area contributed by atoms with Gasteiger partial charge in [-0.15, -0.1) is 0 Å². The van der Waals surface area contributed by atoms with Gasteiger partial charge >= 0.3 is 0 Å². The molecule has 2 fully saturated rings. The van der Waals surface area contributed by atoms with Crippen LogP contribution in [0.25, 0.3) is 0 Å². The van der Waals surface area contributed by atoms with Crippen LogP contribution < -0.4 is 5.32 Å². The predicted molar refractivity (Wildman–Crippen MR) is 71.3 cm³/mol. The topological polar surface area (TPSA) is 24.5 Å². The van der Waals surface area contributed by atoms with E-state index in [-0.39, 0.29) is 0 Å². The van der Waals surface area contributed by atoms with Crippen LogP contribution in [0.3, 0.4) is 0 Å². The third-order valence-corrected chi connectivity index (χ3v) is 4.19. The SMILES string of the molecule is CCOC1CCN(CCC2CCCNC2)CC1. The lowest BCUT2D eigenvalue weighted by Gasteiger charge is -2.33. The van der Waals surface area contributed by atoms with Gasteiger partial charge in [0.1, 0.15) is 0 Å². The zero-order chi connectivity index (χ0) is 11.9. The summed E-state index contributed by atoms with van der Waals surface area (Å²) in [4.78, 5) is 2.63. The molecule has 3 nitrogen and oxygen atoms in total. The van der Waals surface area contributed by atoms with E-state index in [2.05, 4.69) is 17.1 Å². The number of hydrogen-bond donors (Lipinski definition) is 1. The lowest BCUT2D eigenvalue weighted by atomic mass is 9.95. The molecule has 0 aromatic rings. The van der Waals surface area contributed by atoms with E-state index < -0.39 is 0 Å². The van der Waals surface area contributed by atoms with Crippen LogP contribution in [0.5, 0.6) is 0 Å². The maximum Gasteiger partial charge on any atom is 0.0599 e. The highest BCUT2D eigenvalue weighted by atomic mass is 16.5. The molecule has 2 aliphatic heterocycles. The van der Waals surface area contributed by atoms with E-state index in [4.69, 9.17) is 4.74 Å². The molecule has 0 aliphatic carbocycles. The summed E-state index contributed by atoms with van der Waals surface area (Å²) in [7, 11) is 0. The molecule has 2 heterocycles. The van der Waals surface area contributed by atoms with Crippen molar-refractivity contribution in [2.45, 2.75) is 45.1 Å². The molecule has 1 N–H and O–H groups in total. The Morgan fingerprint density at radius 2 is 2.06 bits per heavy atom. The van der Waals surface area contributed by atoms with Gasteiger partial charge in [0.05, 0.1) is 6.10 Å². The Kier molecular flexibility index (Phi) is 5.75. The van der Waals surface area contributed by atoms with E-state index in [1.165, 1.54) is 64.8 Å². The first-order valence-electron chi connectivity index (χ1n) is 7.43. The number of ether oxygens (including phenoxy) is 1. The second-order valence-electron chi connectivity index (χ2n) is 5.50. The first kappa shape index (κ1) is 13.3. The lowest BCUT2D eigenvalue weighted by molar-refractivity contribution is 0.0130. The number of rotatable bonds is 5. The minimum Gasteiger partial charge on any atom is -0.378 e. The zero-order valence-corrected chi connectivity index (χ0v) is 11.3. The molecule has 0 aromatic carbocycles. The van der Waals surface area contributed by atoms with Gasteiger partial charge in [0.15, 0.2) is 0 Å². The van der Waals surface area contributed by atoms with E-state index in [1.54, 1.807) is 0 Å². The van der Waals surface area contributed by atoms with E-state index in [1.807, 2.05) is 0 Å². The summed E-state index contributed by atoms with van der Waals surface area (Å²) in [5.41, 5.74) is 0. The van der Waals surface area contributed by atoms with Crippen molar-refractivity contribution in [3.05, 3.63) is 0 Å². The number of piperidine rings is 2. The van der Waals surface area contributed by atoms with Crippen molar-refractivity contribution in [1.29, 1.82) is 0 Å². The van der Waals surface area contributed by atoms with Crippen LogP contribution in [-0.2, 0) is 4.74 Å². The van der Waals surface area contributed by atoms with Crippen LogP contribution in [0, 0.1) is 5.92 Å². The first-order chi connectivity index (χ1) is 8.38. The Balaban J connectivity index is 1.57. The number of hydrogen-bond acceptors (Lipinski definition) is 3. The van der Waals surface area contributed by atoms with Crippen molar-refractivity contribution in [2.75, 3.05) is 39.3 Å². The smallest absolute Gasteiger partial charge is 0.0599 e. The summed E-state index contributed by atoms with van der Waals surface area (Å²) >= 11 is 0. The fraction of sp³-hybridized carbons (Fsp3) is 1.00. The molecule has 2 saturated heterocycles. The number of likely N-dealkylation sites (tertiary alicyclic amines) is 1. The summed E-state index contributed by atoms with van der Waals surface area (Å²) in [5.74, 6) is 0.924. The van der Waals surface area contributed by atoms with Crippen molar-refractivity contribution in [1.82, 2.24) is 10.2 Å². The standard InChI is InChI=1S/C14H28N2O/c1-2-17-14-6-10-16(11-7-14)9-5-13-4-3-8-15-12-13/h13-15H,2-12H2,1H3. The molecule has 0 spiro atoms. The van der Waals surface area contributed by atoms with Gasteiger partial charge < -0.3 is 15.0 Å². The highest BCUT2D eigenvalue weighted by molar-refractivity contribution is 4.75. The Hall–Kier alpha value is -0.120. The van der Waals surface area contributed by atoms with Gasteiger partial charge in [-0.2, -0.15) is 0 Å². The molecule has 17 heavy (non-hydrogen) atoms. The fourth-order valence-electron chi connectivity index (χ4n) is 3.07. The van der Waals surface area contributed by atoms with E-state index >= 15 is 0 Å². The van der Waals surface area contributed by atoms with Crippen LogP contribution >= 0.6 is 0 Å². The van der Waals surface area contributed by atoms with Crippen molar-refractivity contribution in [3.63, 3.8) is 0 Å². The zero-order valence-electron chi connectivity index (χ0n) is 11.3. The average Bonchev–Trinajstić information content (AvgIpc) is 2.40. The summed E-state index contributed by atoms with van der Waals surface area (Å²) in [5, 5.41) is 3.51. The van der Waals surface area contributed by atoms with Crippen LogP contribution in [-0.4, -0.2) is 50.3 Å². The van der Waals surface area contributed by atoms with Gasteiger partial charge in [0.2, 0.25) is 0 Å². The van der Waals surface area contributed by atoms with Crippen molar-refractivity contribution >= 4 is 0 Å². The van der Waals surface area contributed by atoms with Crippen LogP contribution in [0.15, 0.2) is 0 Å². The van der Waals surface area contributed by atoms with Crippen molar-refractivity contribution < 1.29 is 4.74 Å². The van der Waals surface area contributed by atoms with E-state index in [0.29, 0.717) is 6.10 Å². The summed E-state index contributed by atoms with van der Waals surface area (Å²) < 4.78 is 5.69. The number of nitrogens with one attached hydrogen (secondary N) is 1. The Morgan fingerprint density at radius 3 is 2.71 bits per heavy atom. The average molecular weight is 240 g/mol. The van der Waals surface area contributed by atoms with E-state index in [0.717, 1.165) is 12.5 Å². The highest BCUT2D eigenvalue weighted by Gasteiger charge is 2.20. The Bertz CT molecular complexity index is 196. The molecule has 0 saturated carbocycles. The molecule has 0 bridgehead atoms. The monoisotopic (exact) mass is 240 g/mol. The highest BCUT2D eigenvalue weighted by Crippen LogP contribution is 2.18. The third-order valence-electron chi connectivity index (χ3n) is 4.19. The molecule has 1 atom stereocenters. The Labute approximate surface area is 106 Å². The van der Waals surface area contributed by atoms with Gasteiger partial charge in [-0.05, 0) is 64.6 Å². The first-order valence-corrected chi connectivity index (χ1v) is 7.43. The Morgan fingerprint density at radius 1 is 1.24 bits per heavy atom. The van der Waals surface area contributed by atoms with Crippen LogP contribution in [0.1, 0.15) is 39.0 Å². The minimum absolute atomic E-state index is 0.535. The van der Waals surface area contributed by atoms with Gasteiger partial charge in [-0.3, -0.25) is 0 Å². The van der Waals surface area contributed by atoms with Gasteiger partial charge in [0, 0.05) is 19.7 Å². The van der Waals surface area contributed by atoms with Gasteiger partial charge in [0.25, 0.3) is 0 Å². The second kappa shape index (κ2) is 7.34. The molecule has 2 aliphatic rings. The van der Waals surface area contributed by atoms with Gasteiger partial charge in [-0.1, -0.05) is 0 Å². The largest absolute Gasteiger partial charge is 0.378 e. The lowest BCUT2D eigenvalue weighted by Crippen LogP contribution is -2.39. The predicted octanol–water partition coefficient (Wildman–Crippen LogP) is 1.88. The number of nitrogens with zero attached hydrogens (tertiary/aromatic N) is 1. The molecule has 2 rings (SSSR count). The maximum absolute atomic E-state index is 5.69. The van der Waals surface area contributed by atoms with Gasteiger partial charge in [-0.25, -0.2) is 0 Å². The quantitative estimate of drug-likeness (QED) is 0.794. The molecular formula is C14H28N2O. The second-order valence-corrected chi connectivity index (χ2v) is 5.50. The summed E-state index contributed by atoms with van der Waals surface area (Å²) in [6, 6.07) is 0. The van der Waals surface area contributed by atoms with Crippen LogP contribution in [0.4, 0.5) is 0 Å². The maximum atomic E-state index is 5.69. The summed E-state index contributed by atoms with van der Waals surface area (Å²) in [6.45, 7) is 9.23. The molecule has 3 heteroatoms. The molecule has 0 amide bonds. The molecular weight excluding hydrogens is 212 g/mol. The molecule has 1 unspecified atom stereocenters. The minimum atomic E-state index is 0.535. The molecule has 100 valence electrons. The molecule has 0 radical (unpaired) electrons. The van der Waals surface area contributed by atoms with Crippen molar-refractivity contribution in [2.24, 2.45) is 5.92 Å². The normalized spacial score (nSPS) is 28.4. The fourth-order valence-corrected chi connectivity index (χ4v) is 3.07. The third kappa shape index (κ3) is 4.57.